The number of aromatic nitrogens is 1. The fraction of sp³-hybridized carbons (Fsp3) is 0.154. The molecule has 0 amide bonds. The summed E-state index contributed by atoms with van der Waals surface area (Å²) in [6, 6.07) is 8.58. The van der Waals surface area contributed by atoms with Gasteiger partial charge in [-0.25, -0.2) is 9.37 Å². The van der Waals surface area contributed by atoms with Crippen LogP contribution >= 0.6 is 31.9 Å². The van der Waals surface area contributed by atoms with Gasteiger partial charge in [-0.15, -0.1) is 0 Å². The minimum Gasteiger partial charge on any atom is -0.323 e. The highest BCUT2D eigenvalue weighted by Gasteiger charge is 2.15. The van der Waals surface area contributed by atoms with E-state index in [0.29, 0.717) is 18.1 Å². The van der Waals surface area contributed by atoms with Gasteiger partial charge >= 0.3 is 0 Å². The molecule has 0 saturated heterocycles. The summed E-state index contributed by atoms with van der Waals surface area (Å²) in [6.07, 6.45) is 1.70. The summed E-state index contributed by atoms with van der Waals surface area (Å²) in [6.45, 7) is 2.59. The van der Waals surface area contributed by atoms with Crippen LogP contribution in [0.15, 0.2) is 45.5 Å². The number of nitrogens with zero attached hydrogens (tertiary/aromatic N) is 2. The maximum atomic E-state index is 13.8. The van der Waals surface area contributed by atoms with Crippen LogP contribution in [0.1, 0.15) is 6.92 Å². The number of hydrogen-bond acceptors (Lipinski definition) is 2. The molecule has 2 rings (SSSR count). The van der Waals surface area contributed by atoms with Crippen molar-refractivity contribution in [3.05, 3.63) is 51.3 Å². The minimum atomic E-state index is -0.254. The lowest BCUT2D eigenvalue weighted by Gasteiger charge is -2.23. The summed E-state index contributed by atoms with van der Waals surface area (Å²) in [4.78, 5) is 6.16. The Labute approximate surface area is 122 Å². The summed E-state index contributed by atoms with van der Waals surface area (Å²) in [7, 11) is 0. The molecule has 94 valence electrons. The van der Waals surface area contributed by atoms with E-state index in [1.807, 2.05) is 24.0 Å². The molecule has 0 aliphatic heterocycles. The summed E-state index contributed by atoms with van der Waals surface area (Å²) in [5.41, 5.74) is 0.524. The van der Waals surface area contributed by atoms with E-state index in [9.17, 15) is 4.39 Å². The first-order valence-corrected chi connectivity index (χ1v) is 7.05. The fourth-order valence-corrected chi connectivity index (χ4v) is 2.91. The lowest BCUT2D eigenvalue weighted by molar-refractivity contribution is 0.625. The Morgan fingerprint density at radius 3 is 2.61 bits per heavy atom. The third-order valence-corrected chi connectivity index (χ3v) is 3.52. The van der Waals surface area contributed by atoms with E-state index in [1.54, 1.807) is 18.3 Å². The molecular formula is C13H11Br2FN2. The fourth-order valence-electron chi connectivity index (χ4n) is 1.71. The molecule has 2 aromatic rings. The Morgan fingerprint density at radius 1 is 1.28 bits per heavy atom. The average Bonchev–Trinajstić information content (AvgIpc) is 2.34. The first-order valence-electron chi connectivity index (χ1n) is 5.46. The highest BCUT2D eigenvalue weighted by Crippen LogP contribution is 2.32. The van der Waals surface area contributed by atoms with Gasteiger partial charge in [0.25, 0.3) is 0 Å². The molecule has 1 heterocycles. The molecule has 0 aliphatic carbocycles. The zero-order valence-electron chi connectivity index (χ0n) is 9.70. The molecule has 0 spiro atoms. The predicted octanol–water partition coefficient (Wildman–Crippen LogP) is 4.90. The molecule has 0 unspecified atom stereocenters. The largest absolute Gasteiger partial charge is 0.323 e. The SMILES string of the molecule is CCN(c1ccccc1F)c1ncc(Br)cc1Br. The van der Waals surface area contributed by atoms with Crippen LogP contribution in [-0.4, -0.2) is 11.5 Å². The Kier molecular flexibility index (Phi) is 4.35. The van der Waals surface area contributed by atoms with E-state index in [-0.39, 0.29) is 5.82 Å². The number of pyridine rings is 1. The van der Waals surface area contributed by atoms with E-state index < -0.39 is 0 Å². The molecule has 0 fully saturated rings. The third kappa shape index (κ3) is 2.72. The molecular weight excluding hydrogens is 363 g/mol. The van der Waals surface area contributed by atoms with Crippen molar-refractivity contribution in [3.8, 4) is 0 Å². The maximum Gasteiger partial charge on any atom is 0.147 e. The van der Waals surface area contributed by atoms with E-state index in [1.165, 1.54) is 6.07 Å². The van der Waals surface area contributed by atoms with Gasteiger partial charge in [0.2, 0.25) is 0 Å². The molecule has 2 nitrogen and oxygen atoms in total. The van der Waals surface area contributed by atoms with Crippen LogP contribution in [0.3, 0.4) is 0 Å². The van der Waals surface area contributed by atoms with Crippen LogP contribution in [-0.2, 0) is 0 Å². The third-order valence-electron chi connectivity index (χ3n) is 2.50. The Hall–Kier alpha value is -0.940. The smallest absolute Gasteiger partial charge is 0.147 e. The number of hydrogen-bond donors (Lipinski definition) is 0. The average molecular weight is 374 g/mol. The summed E-state index contributed by atoms with van der Waals surface area (Å²) >= 11 is 6.81. The Balaban J connectivity index is 2.49. The van der Waals surface area contributed by atoms with Crippen LogP contribution in [0.5, 0.6) is 0 Å². The summed E-state index contributed by atoms with van der Waals surface area (Å²) < 4.78 is 15.5. The normalized spacial score (nSPS) is 10.4. The zero-order valence-corrected chi connectivity index (χ0v) is 12.9. The molecule has 5 heteroatoms. The van der Waals surface area contributed by atoms with E-state index in [2.05, 4.69) is 36.8 Å². The zero-order chi connectivity index (χ0) is 13.1. The van der Waals surface area contributed by atoms with Crippen molar-refractivity contribution in [1.29, 1.82) is 0 Å². The molecule has 0 radical (unpaired) electrons. The highest BCUT2D eigenvalue weighted by atomic mass is 79.9. The molecule has 0 aliphatic rings. The second-order valence-electron chi connectivity index (χ2n) is 3.65. The summed E-state index contributed by atoms with van der Waals surface area (Å²) in [5, 5.41) is 0. The van der Waals surface area contributed by atoms with Crippen molar-refractivity contribution in [2.45, 2.75) is 6.92 Å². The number of halogens is 3. The van der Waals surface area contributed by atoms with E-state index in [4.69, 9.17) is 0 Å². The summed E-state index contributed by atoms with van der Waals surface area (Å²) in [5.74, 6) is 0.446. The van der Waals surface area contributed by atoms with E-state index in [0.717, 1.165) is 8.95 Å². The second kappa shape index (κ2) is 5.80. The number of anilines is 2. The van der Waals surface area contributed by atoms with E-state index >= 15 is 0 Å². The number of rotatable bonds is 3. The Morgan fingerprint density at radius 2 is 2.00 bits per heavy atom. The predicted molar refractivity (Wildman–Crippen MR) is 78.7 cm³/mol. The minimum absolute atomic E-state index is 0.254. The van der Waals surface area contributed by atoms with Gasteiger partial charge < -0.3 is 4.90 Å². The van der Waals surface area contributed by atoms with Gasteiger partial charge in [-0.2, -0.15) is 0 Å². The Bertz CT molecular complexity index is 560. The van der Waals surface area contributed by atoms with Crippen molar-refractivity contribution in [2.75, 3.05) is 11.4 Å². The van der Waals surface area contributed by atoms with Gasteiger partial charge in [0, 0.05) is 17.2 Å². The molecule has 1 aromatic carbocycles. The molecule has 0 atom stereocenters. The molecule has 0 N–H and O–H groups in total. The van der Waals surface area contributed by atoms with Gasteiger partial charge in [0.15, 0.2) is 0 Å². The maximum absolute atomic E-state index is 13.8. The second-order valence-corrected chi connectivity index (χ2v) is 5.42. The van der Waals surface area contributed by atoms with Gasteiger partial charge in [0.1, 0.15) is 11.6 Å². The molecule has 0 bridgehead atoms. The van der Waals surface area contributed by atoms with Crippen molar-refractivity contribution >= 4 is 43.4 Å². The van der Waals surface area contributed by atoms with Crippen molar-refractivity contribution in [1.82, 2.24) is 4.98 Å². The van der Waals surface area contributed by atoms with Crippen molar-refractivity contribution in [3.63, 3.8) is 0 Å². The number of benzene rings is 1. The van der Waals surface area contributed by atoms with Gasteiger partial charge in [-0.05, 0) is 57.0 Å². The van der Waals surface area contributed by atoms with Gasteiger partial charge in [-0.3, -0.25) is 0 Å². The van der Waals surface area contributed by atoms with Gasteiger partial charge in [-0.1, -0.05) is 12.1 Å². The molecule has 1 aromatic heterocycles. The lowest BCUT2D eigenvalue weighted by Crippen LogP contribution is -2.19. The van der Waals surface area contributed by atoms with Crippen LogP contribution in [0.2, 0.25) is 0 Å². The number of para-hydroxylation sites is 1. The molecule has 18 heavy (non-hydrogen) atoms. The standard InChI is InChI=1S/C13H11Br2FN2/c1-2-18(12-6-4-3-5-11(12)16)13-10(15)7-9(14)8-17-13/h3-8H,2H2,1H3. The quantitative estimate of drug-likeness (QED) is 0.760. The van der Waals surface area contributed by atoms with Crippen molar-refractivity contribution in [2.24, 2.45) is 0 Å². The first-order chi connectivity index (χ1) is 8.63. The topological polar surface area (TPSA) is 16.1 Å². The van der Waals surface area contributed by atoms with Crippen LogP contribution in [0, 0.1) is 5.82 Å². The lowest BCUT2D eigenvalue weighted by atomic mass is 10.2. The van der Waals surface area contributed by atoms with Crippen LogP contribution < -0.4 is 4.90 Å². The molecule has 0 saturated carbocycles. The van der Waals surface area contributed by atoms with Crippen molar-refractivity contribution < 1.29 is 4.39 Å². The monoisotopic (exact) mass is 372 g/mol. The van der Waals surface area contributed by atoms with Gasteiger partial charge in [0.05, 0.1) is 10.2 Å². The highest BCUT2D eigenvalue weighted by molar-refractivity contribution is 9.11. The first kappa shape index (κ1) is 13.5. The van der Waals surface area contributed by atoms with Crippen LogP contribution in [0.4, 0.5) is 15.9 Å². The van der Waals surface area contributed by atoms with Crippen LogP contribution in [0.25, 0.3) is 0 Å².